The van der Waals surface area contributed by atoms with Gasteiger partial charge in [-0.1, -0.05) is 43.5 Å². The summed E-state index contributed by atoms with van der Waals surface area (Å²) >= 11 is 0. The molecule has 0 saturated heterocycles. The van der Waals surface area contributed by atoms with E-state index in [2.05, 4.69) is 22.3 Å². The molecule has 4 rings (SSSR count). The first-order valence-electron chi connectivity index (χ1n) is 9.08. The minimum Gasteiger partial charge on any atom is -0.372 e. The van der Waals surface area contributed by atoms with Crippen LogP contribution in [0.25, 0.3) is 5.70 Å². The Morgan fingerprint density at radius 3 is 2.68 bits per heavy atom. The summed E-state index contributed by atoms with van der Waals surface area (Å²) in [7, 11) is -4.26. The van der Waals surface area contributed by atoms with Crippen molar-refractivity contribution in [3.05, 3.63) is 41.6 Å². The van der Waals surface area contributed by atoms with Gasteiger partial charge in [0.15, 0.2) is 0 Å². The van der Waals surface area contributed by atoms with Gasteiger partial charge in [-0.2, -0.15) is 14.7 Å². The molecule has 4 N–H and O–H groups in total. The van der Waals surface area contributed by atoms with E-state index in [0.717, 1.165) is 32.4 Å². The molecule has 1 saturated carbocycles. The molecule has 136 valence electrons. The Balaban J connectivity index is 1.60. The summed E-state index contributed by atoms with van der Waals surface area (Å²) in [5.41, 5.74) is 3.65. The monoisotopic (exact) mass is 365 g/mol. The van der Waals surface area contributed by atoms with Gasteiger partial charge in [0, 0.05) is 18.2 Å². The van der Waals surface area contributed by atoms with Gasteiger partial charge in [0.2, 0.25) is 0 Å². The van der Waals surface area contributed by atoms with Crippen molar-refractivity contribution in [2.75, 3.05) is 6.67 Å². The molecule has 0 spiro atoms. The molecule has 0 aromatic heterocycles. The predicted molar refractivity (Wildman–Crippen MR) is 96.6 cm³/mol. The number of hydrogen-bond donors (Lipinski definition) is 4. The van der Waals surface area contributed by atoms with E-state index in [0.29, 0.717) is 6.42 Å². The summed E-state index contributed by atoms with van der Waals surface area (Å²) in [6, 6.07) is 8.46. The van der Waals surface area contributed by atoms with Gasteiger partial charge in [-0.05, 0) is 24.3 Å². The summed E-state index contributed by atoms with van der Waals surface area (Å²) in [5, 5.41) is 3.28. The van der Waals surface area contributed by atoms with E-state index < -0.39 is 8.17 Å². The maximum absolute atomic E-state index is 9.54. The van der Waals surface area contributed by atoms with Crippen LogP contribution in [0.2, 0.25) is 0 Å². The van der Waals surface area contributed by atoms with E-state index >= 15 is 0 Å². The summed E-state index contributed by atoms with van der Waals surface area (Å²) in [6.45, 7) is 0.740. The Kier molecular flexibility index (Phi) is 4.73. The average Bonchev–Trinajstić information content (AvgIpc) is 3.17. The minimum atomic E-state index is -4.26. The summed E-state index contributed by atoms with van der Waals surface area (Å²) in [5.74, 6) is 0.260. The van der Waals surface area contributed by atoms with Crippen LogP contribution in [-0.4, -0.2) is 32.4 Å². The first-order valence-corrected chi connectivity index (χ1v) is 10.6. The highest BCUT2D eigenvalue weighted by molar-refractivity contribution is 7.53. The topological polar surface area (TPSA) is 85.2 Å². The average molecular weight is 365 g/mol. The van der Waals surface area contributed by atoms with E-state index in [1.165, 1.54) is 23.2 Å². The molecule has 2 heterocycles. The quantitative estimate of drug-likeness (QED) is 0.601. The molecule has 3 aliphatic rings. The molecule has 2 atom stereocenters. The second kappa shape index (κ2) is 6.86. The Morgan fingerprint density at radius 1 is 1.16 bits per heavy atom. The van der Waals surface area contributed by atoms with Gasteiger partial charge in [0.25, 0.3) is 0 Å². The van der Waals surface area contributed by atoms with Crippen molar-refractivity contribution in [1.82, 2.24) is 10.2 Å². The highest BCUT2D eigenvalue weighted by atomic mass is 31.2. The lowest BCUT2D eigenvalue weighted by Crippen LogP contribution is -2.32. The van der Waals surface area contributed by atoms with Crippen LogP contribution < -0.4 is 5.32 Å². The van der Waals surface area contributed by atoms with Crippen LogP contribution in [0.3, 0.4) is 0 Å². The van der Waals surface area contributed by atoms with E-state index in [1.54, 1.807) is 0 Å². The van der Waals surface area contributed by atoms with Crippen LogP contribution in [0.4, 0.5) is 0 Å². The number of rotatable bonds is 5. The molecule has 2 unspecified atom stereocenters. The van der Waals surface area contributed by atoms with E-state index in [-0.39, 0.29) is 18.1 Å². The van der Waals surface area contributed by atoms with Crippen molar-refractivity contribution in [2.24, 2.45) is 5.92 Å². The van der Waals surface area contributed by atoms with Gasteiger partial charge >= 0.3 is 8.17 Å². The number of hydrogen-bond acceptors (Lipinski definition) is 6. The number of fused-ring (bicyclic) bond motifs is 3. The molecular weight excluding hydrogens is 339 g/mol. The maximum atomic E-state index is 9.54. The van der Waals surface area contributed by atoms with Crippen molar-refractivity contribution in [3.8, 4) is 0 Å². The second-order valence-electron chi connectivity index (χ2n) is 7.26. The van der Waals surface area contributed by atoms with Crippen LogP contribution in [0.5, 0.6) is 0 Å². The Bertz CT molecular complexity index is 655. The predicted octanol–water partition coefficient (Wildman–Crippen LogP) is 2.91. The van der Waals surface area contributed by atoms with Gasteiger partial charge in [-0.25, -0.2) is 0 Å². The van der Waals surface area contributed by atoms with Gasteiger partial charge in [-0.3, -0.25) is 0 Å². The lowest BCUT2D eigenvalue weighted by molar-refractivity contribution is 0.0341. The van der Waals surface area contributed by atoms with Crippen LogP contribution >= 0.6 is 8.17 Å². The van der Waals surface area contributed by atoms with E-state index in [4.69, 9.17) is 4.52 Å². The zero-order valence-electron chi connectivity index (χ0n) is 14.2. The van der Waals surface area contributed by atoms with Crippen molar-refractivity contribution in [3.63, 3.8) is 0 Å². The summed E-state index contributed by atoms with van der Waals surface area (Å²) in [4.78, 5) is 30.9. The fourth-order valence-corrected chi connectivity index (χ4v) is 5.21. The molecule has 1 aromatic rings. The van der Waals surface area contributed by atoms with Gasteiger partial charge < -0.3 is 10.2 Å². The molecule has 0 amide bonds. The van der Waals surface area contributed by atoms with E-state index in [9.17, 15) is 14.7 Å². The van der Waals surface area contributed by atoms with Gasteiger partial charge in [0.1, 0.15) is 6.10 Å². The molecule has 7 heteroatoms. The molecule has 1 aromatic carbocycles. The normalized spacial score (nSPS) is 24.5. The summed E-state index contributed by atoms with van der Waals surface area (Å²) in [6.07, 6.45) is 7.84. The molecule has 25 heavy (non-hydrogen) atoms. The lowest BCUT2D eigenvalue weighted by atomic mass is 9.82. The lowest BCUT2D eigenvalue weighted by Gasteiger charge is -2.32. The number of nitrogens with one attached hydrogen (secondary N) is 1. The first kappa shape index (κ1) is 17.3. The maximum Gasteiger partial charge on any atom is 0.567 e. The fourth-order valence-electron chi connectivity index (χ4n) is 4.59. The smallest absolute Gasteiger partial charge is 0.372 e. The Morgan fingerprint density at radius 2 is 1.92 bits per heavy atom. The number of nitrogens with zero attached hydrogens (tertiary/aromatic N) is 1. The van der Waals surface area contributed by atoms with Crippen LogP contribution in [0.1, 0.15) is 55.7 Å². The SMILES string of the molecule is O[P+](O)(O)OC(CC1c2ccccc2C2=CNCN21)C1CCCCC1. The molecule has 6 nitrogen and oxygen atoms in total. The van der Waals surface area contributed by atoms with Crippen molar-refractivity contribution >= 4 is 13.9 Å². The third-order valence-corrected chi connectivity index (χ3v) is 6.24. The molecular formula is C18H26N2O4P+. The van der Waals surface area contributed by atoms with Crippen LogP contribution in [0, 0.1) is 5.92 Å². The largest absolute Gasteiger partial charge is 0.567 e. The Labute approximate surface area is 148 Å². The third-order valence-electron chi connectivity index (χ3n) is 5.69. The molecule has 0 radical (unpaired) electrons. The zero-order chi connectivity index (χ0) is 17.4. The fraction of sp³-hybridized carbons (Fsp3) is 0.556. The van der Waals surface area contributed by atoms with Crippen molar-refractivity contribution in [2.45, 2.75) is 50.7 Å². The second-order valence-corrected chi connectivity index (χ2v) is 8.49. The Hall–Kier alpha value is -1.17. The minimum absolute atomic E-state index is 0.121. The number of benzene rings is 1. The van der Waals surface area contributed by atoms with Crippen molar-refractivity contribution < 1.29 is 19.2 Å². The zero-order valence-corrected chi connectivity index (χ0v) is 15.1. The highest BCUT2D eigenvalue weighted by Gasteiger charge is 2.45. The third kappa shape index (κ3) is 3.55. The standard InChI is InChI=1S/C18H26N2O4P/c21-25(22,23)24-18(13-6-2-1-3-7-13)10-16-14-8-4-5-9-15(14)17-11-19-12-20(16)17/h4-5,8-9,11,13,16,18-19,21-23H,1-3,6-7,10,12H2/q+1. The molecule has 0 bridgehead atoms. The molecule has 2 aliphatic heterocycles. The first-order chi connectivity index (χ1) is 12.0. The van der Waals surface area contributed by atoms with Crippen LogP contribution in [-0.2, 0) is 4.52 Å². The van der Waals surface area contributed by atoms with E-state index in [1.807, 2.05) is 18.3 Å². The van der Waals surface area contributed by atoms with Crippen molar-refractivity contribution in [1.29, 1.82) is 0 Å². The summed E-state index contributed by atoms with van der Waals surface area (Å²) < 4.78 is 5.41. The molecule has 1 fully saturated rings. The molecule has 1 aliphatic carbocycles. The highest BCUT2D eigenvalue weighted by Crippen LogP contribution is 2.52. The van der Waals surface area contributed by atoms with Crippen LogP contribution in [0.15, 0.2) is 30.5 Å². The van der Waals surface area contributed by atoms with Gasteiger partial charge in [0.05, 0.1) is 18.4 Å². The van der Waals surface area contributed by atoms with Gasteiger partial charge in [-0.15, -0.1) is 4.52 Å².